The number of hydrogen-bond donors (Lipinski definition) is 1. The molecule has 9 heteroatoms. The summed E-state index contributed by atoms with van der Waals surface area (Å²) in [5.74, 6) is -0.723. The largest absolute Gasteiger partial charge is 0.405 e. The number of amides is 1. The number of anilines is 1. The van der Waals surface area contributed by atoms with E-state index in [1.165, 1.54) is 11.3 Å². The molecule has 2 aromatic heterocycles. The molecule has 0 unspecified atom stereocenters. The topological polar surface area (TPSA) is 45.2 Å². The van der Waals surface area contributed by atoms with E-state index in [4.69, 9.17) is 0 Å². The van der Waals surface area contributed by atoms with Gasteiger partial charge in [0.1, 0.15) is 11.4 Å². The normalized spacial score (nSPS) is 11.8. The molecule has 0 radical (unpaired) electrons. The predicted octanol–water partition coefficient (Wildman–Crippen LogP) is 2.72. The molecule has 2 aromatic rings. The van der Waals surface area contributed by atoms with Gasteiger partial charge < -0.3 is 10.2 Å². The van der Waals surface area contributed by atoms with E-state index in [-0.39, 0.29) is 4.88 Å². The summed E-state index contributed by atoms with van der Waals surface area (Å²) in [7, 11) is 3.69. The second-order valence-corrected chi connectivity index (χ2v) is 6.01. The number of nitrogens with zero attached hydrogens (tertiary/aromatic N) is 2. The van der Waals surface area contributed by atoms with E-state index in [2.05, 4.69) is 4.98 Å². The van der Waals surface area contributed by atoms with Crippen molar-refractivity contribution in [3.63, 3.8) is 0 Å². The second kappa shape index (κ2) is 4.97. The van der Waals surface area contributed by atoms with Gasteiger partial charge in [-0.25, -0.2) is 4.98 Å². The van der Waals surface area contributed by atoms with Crippen molar-refractivity contribution < 1.29 is 18.0 Å². The standard InChI is InChI=1S/C10H10F3N3OS2/c1-16(2)9-15-8-6(19-9)3-5(18-8)7(17)14-4-10(11,12)13/h3H,4H2,1-2H3,(H,14,17). The van der Waals surface area contributed by atoms with Crippen LogP contribution in [0.5, 0.6) is 0 Å². The lowest BCUT2D eigenvalue weighted by Crippen LogP contribution is -2.33. The fraction of sp³-hybridized carbons (Fsp3) is 0.400. The maximum atomic E-state index is 12.0. The third kappa shape index (κ3) is 3.35. The van der Waals surface area contributed by atoms with Crippen LogP contribution in [0.1, 0.15) is 9.67 Å². The lowest BCUT2D eigenvalue weighted by Gasteiger charge is -2.07. The number of carbonyl (C=O) groups excluding carboxylic acids is 1. The Bertz CT molecular complexity index is 571. The average Bonchev–Trinajstić information content (AvgIpc) is 2.81. The van der Waals surface area contributed by atoms with Gasteiger partial charge in [-0.2, -0.15) is 13.2 Å². The van der Waals surface area contributed by atoms with Gasteiger partial charge in [0.15, 0.2) is 5.13 Å². The minimum atomic E-state index is -4.40. The summed E-state index contributed by atoms with van der Waals surface area (Å²) in [6.45, 7) is -1.33. The molecule has 0 aliphatic carbocycles. The van der Waals surface area contributed by atoms with Gasteiger partial charge in [0.2, 0.25) is 0 Å². The smallest absolute Gasteiger partial charge is 0.354 e. The number of alkyl halides is 3. The highest BCUT2D eigenvalue weighted by Gasteiger charge is 2.28. The number of carbonyl (C=O) groups is 1. The van der Waals surface area contributed by atoms with Gasteiger partial charge in [0, 0.05) is 14.1 Å². The monoisotopic (exact) mass is 309 g/mol. The molecule has 0 saturated heterocycles. The fourth-order valence-corrected chi connectivity index (χ4v) is 3.34. The number of aromatic nitrogens is 1. The summed E-state index contributed by atoms with van der Waals surface area (Å²) in [5.41, 5.74) is 0. The van der Waals surface area contributed by atoms with Crippen molar-refractivity contribution in [1.82, 2.24) is 10.3 Å². The van der Waals surface area contributed by atoms with Crippen LogP contribution < -0.4 is 10.2 Å². The molecule has 0 atom stereocenters. The van der Waals surface area contributed by atoms with Crippen molar-refractivity contribution in [3.05, 3.63) is 10.9 Å². The Hall–Kier alpha value is -1.35. The van der Waals surface area contributed by atoms with Crippen molar-refractivity contribution in [3.8, 4) is 0 Å². The number of thiazole rings is 1. The summed E-state index contributed by atoms with van der Waals surface area (Å²) in [5, 5.41) is 2.63. The fourth-order valence-electron chi connectivity index (χ4n) is 1.29. The van der Waals surface area contributed by atoms with E-state index in [1.807, 2.05) is 24.3 Å². The molecule has 0 aliphatic heterocycles. The van der Waals surface area contributed by atoms with Crippen molar-refractivity contribution in [1.29, 1.82) is 0 Å². The number of thiophene rings is 1. The van der Waals surface area contributed by atoms with Gasteiger partial charge >= 0.3 is 6.18 Å². The van der Waals surface area contributed by atoms with Crippen LogP contribution in [0.2, 0.25) is 0 Å². The molecule has 1 N–H and O–H groups in total. The Morgan fingerprint density at radius 2 is 2.11 bits per heavy atom. The zero-order chi connectivity index (χ0) is 14.2. The minimum absolute atomic E-state index is 0.239. The van der Waals surface area contributed by atoms with Gasteiger partial charge in [0.25, 0.3) is 5.91 Å². The van der Waals surface area contributed by atoms with Gasteiger partial charge in [-0.15, -0.1) is 11.3 Å². The minimum Gasteiger partial charge on any atom is -0.354 e. The zero-order valence-corrected chi connectivity index (χ0v) is 11.7. The van der Waals surface area contributed by atoms with Crippen LogP contribution in [0.4, 0.5) is 18.3 Å². The molecule has 0 saturated carbocycles. The molecule has 1 amide bonds. The molecule has 0 spiro atoms. The van der Waals surface area contributed by atoms with Gasteiger partial charge in [-0.05, 0) is 6.07 Å². The summed E-state index contributed by atoms with van der Waals surface area (Å²) < 4.78 is 36.8. The molecular weight excluding hydrogens is 299 g/mol. The molecule has 0 bridgehead atoms. The van der Waals surface area contributed by atoms with E-state index < -0.39 is 18.6 Å². The highest BCUT2D eigenvalue weighted by molar-refractivity contribution is 7.29. The third-order valence-electron chi connectivity index (χ3n) is 2.13. The third-order valence-corrected chi connectivity index (χ3v) is 4.46. The lowest BCUT2D eigenvalue weighted by atomic mass is 10.4. The van der Waals surface area contributed by atoms with E-state index in [0.29, 0.717) is 4.83 Å². The first kappa shape index (κ1) is 14.1. The van der Waals surface area contributed by atoms with Crippen LogP contribution in [0.3, 0.4) is 0 Å². The Morgan fingerprint density at radius 3 is 2.63 bits per heavy atom. The van der Waals surface area contributed by atoms with E-state index in [0.717, 1.165) is 21.2 Å². The quantitative estimate of drug-likeness (QED) is 0.948. The summed E-state index contributed by atoms with van der Waals surface area (Å²) in [6, 6.07) is 1.57. The molecule has 0 aromatic carbocycles. The van der Waals surface area contributed by atoms with E-state index >= 15 is 0 Å². The van der Waals surface area contributed by atoms with Crippen LogP contribution >= 0.6 is 22.7 Å². The van der Waals surface area contributed by atoms with Crippen molar-refractivity contribution in [2.45, 2.75) is 6.18 Å². The number of rotatable bonds is 3. The molecule has 0 fully saturated rings. The maximum absolute atomic E-state index is 12.0. The summed E-state index contributed by atoms with van der Waals surface area (Å²) in [4.78, 5) is 18.6. The van der Waals surface area contributed by atoms with Crippen molar-refractivity contribution >= 4 is 43.2 Å². The first-order valence-corrected chi connectivity index (χ1v) is 6.82. The number of nitrogens with one attached hydrogen (secondary N) is 1. The van der Waals surface area contributed by atoms with Crippen LogP contribution in [0.15, 0.2) is 6.07 Å². The molecule has 2 heterocycles. The van der Waals surface area contributed by atoms with Crippen LogP contribution in [0, 0.1) is 0 Å². The Morgan fingerprint density at radius 1 is 1.42 bits per heavy atom. The number of hydrogen-bond acceptors (Lipinski definition) is 5. The SMILES string of the molecule is CN(C)c1nc2sc(C(=O)NCC(F)(F)F)cc2s1. The van der Waals surface area contributed by atoms with Crippen LogP contribution in [-0.4, -0.2) is 37.7 Å². The highest BCUT2D eigenvalue weighted by Crippen LogP contribution is 2.33. The Labute approximate surface area is 114 Å². The molecule has 104 valence electrons. The molecular formula is C10H10F3N3OS2. The summed E-state index contributed by atoms with van der Waals surface area (Å²) >= 11 is 2.48. The first-order chi connectivity index (χ1) is 8.76. The average molecular weight is 309 g/mol. The lowest BCUT2D eigenvalue weighted by molar-refractivity contribution is -0.123. The first-order valence-electron chi connectivity index (χ1n) is 5.19. The number of fused-ring (bicyclic) bond motifs is 1. The van der Waals surface area contributed by atoms with Crippen molar-refractivity contribution in [2.24, 2.45) is 0 Å². The maximum Gasteiger partial charge on any atom is 0.405 e. The molecule has 2 rings (SSSR count). The molecule has 0 aliphatic rings. The summed E-state index contributed by atoms with van der Waals surface area (Å²) in [6.07, 6.45) is -4.40. The zero-order valence-electron chi connectivity index (χ0n) is 10.0. The molecule has 4 nitrogen and oxygen atoms in total. The van der Waals surface area contributed by atoms with E-state index in [1.54, 1.807) is 6.07 Å². The van der Waals surface area contributed by atoms with Gasteiger partial charge in [-0.1, -0.05) is 11.3 Å². The van der Waals surface area contributed by atoms with Crippen molar-refractivity contribution in [2.75, 3.05) is 25.5 Å². The second-order valence-electron chi connectivity index (χ2n) is 3.97. The Kier molecular flexibility index (Phi) is 3.68. The number of halogens is 3. The van der Waals surface area contributed by atoms with E-state index in [9.17, 15) is 18.0 Å². The predicted molar refractivity (Wildman–Crippen MR) is 70.2 cm³/mol. The van der Waals surface area contributed by atoms with Crippen LogP contribution in [0.25, 0.3) is 9.53 Å². The highest BCUT2D eigenvalue weighted by atomic mass is 32.1. The van der Waals surface area contributed by atoms with Gasteiger partial charge in [0.05, 0.1) is 9.58 Å². The van der Waals surface area contributed by atoms with Gasteiger partial charge in [-0.3, -0.25) is 4.79 Å². The Balaban J connectivity index is 2.13. The molecule has 19 heavy (non-hydrogen) atoms. The van der Waals surface area contributed by atoms with Crippen LogP contribution in [-0.2, 0) is 0 Å².